The minimum Gasteiger partial charge on any atom is -0.345 e. The third kappa shape index (κ3) is 2.49. The van der Waals surface area contributed by atoms with E-state index in [1.54, 1.807) is 17.3 Å². The summed E-state index contributed by atoms with van der Waals surface area (Å²) in [6, 6.07) is 3.16. The number of aromatic nitrogens is 2. The van der Waals surface area contributed by atoms with Gasteiger partial charge in [-0.05, 0) is 17.5 Å². The summed E-state index contributed by atoms with van der Waals surface area (Å²) in [6.45, 7) is 3.45. The predicted molar refractivity (Wildman–Crippen MR) is 95.2 cm³/mol. The normalized spacial score (nSPS) is 19.1. The van der Waals surface area contributed by atoms with E-state index in [1.165, 1.54) is 4.90 Å². The van der Waals surface area contributed by atoms with E-state index in [0.717, 1.165) is 10.9 Å². The number of hydrogen-bond donors (Lipinski definition) is 1. The summed E-state index contributed by atoms with van der Waals surface area (Å²) < 4.78 is 13.1. The molecule has 0 aromatic carbocycles. The maximum Gasteiger partial charge on any atom is 0.257 e. The number of pyridine rings is 1. The number of nitrogens with zero attached hydrogens (tertiary/aromatic N) is 4. The van der Waals surface area contributed by atoms with Crippen molar-refractivity contribution in [3.63, 3.8) is 0 Å². The summed E-state index contributed by atoms with van der Waals surface area (Å²) in [5, 5.41) is 9.95. The lowest BCUT2D eigenvalue weighted by Crippen LogP contribution is -2.64. The van der Waals surface area contributed by atoms with Crippen molar-refractivity contribution in [1.29, 1.82) is 5.26 Å². The second-order valence-corrected chi connectivity index (χ2v) is 7.74. The van der Waals surface area contributed by atoms with Crippen LogP contribution < -0.4 is 0 Å². The number of aromatic amines is 1. The average molecular weight is 369 g/mol. The third-order valence-corrected chi connectivity index (χ3v) is 5.50. The van der Waals surface area contributed by atoms with Gasteiger partial charge in [0, 0.05) is 37.4 Å². The molecule has 0 saturated carbocycles. The topological polar surface area (TPSA) is 93.1 Å². The second-order valence-electron chi connectivity index (χ2n) is 7.74. The molecule has 1 unspecified atom stereocenters. The van der Waals surface area contributed by atoms with Gasteiger partial charge in [-0.15, -0.1) is 0 Å². The molecule has 2 amide bonds. The highest BCUT2D eigenvalue weighted by Crippen LogP contribution is 2.35. The summed E-state index contributed by atoms with van der Waals surface area (Å²) in [5.74, 6) is -0.574. The van der Waals surface area contributed by atoms with Gasteiger partial charge in [-0.3, -0.25) is 9.59 Å². The molecule has 0 bridgehead atoms. The second kappa shape index (κ2) is 6.05. The van der Waals surface area contributed by atoms with E-state index in [-0.39, 0.29) is 30.8 Å². The molecule has 1 N–H and O–H groups in total. The van der Waals surface area contributed by atoms with Crippen LogP contribution in [0.1, 0.15) is 29.8 Å². The standard InChI is InChI=1S/C19H20FN5O2/c1-11(2)15(18(27)24-9-19(7-20,8-21)10-24)25-6-12-3-4-22-16-14(12)13(5-23-16)17(25)26/h3-5,11,15H,6-7,9-10H2,1-2H3,(H,22,23). The van der Waals surface area contributed by atoms with Crippen molar-refractivity contribution in [2.45, 2.75) is 26.4 Å². The molecule has 2 aromatic rings. The molecule has 0 aliphatic carbocycles. The Morgan fingerprint density at radius 2 is 2.22 bits per heavy atom. The minimum atomic E-state index is -1.10. The van der Waals surface area contributed by atoms with Gasteiger partial charge in [0.1, 0.15) is 23.8 Å². The quantitative estimate of drug-likeness (QED) is 0.890. The number of likely N-dealkylation sites (tertiary alicyclic amines) is 1. The third-order valence-electron chi connectivity index (χ3n) is 5.50. The van der Waals surface area contributed by atoms with E-state index in [2.05, 4.69) is 9.97 Å². The number of carbonyl (C=O) groups is 2. The lowest BCUT2D eigenvalue weighted by Gasteiger charge is -2.47. The first-order valence-corrected chi connectivity index (χ1v) is 8.93. The van der Waals surface area contributed by atoms with E-state index < -0.39 is 18.1 Å². The molecule has 1 fully saturated rings. The maximum atomic E-state index is 13.1. The summed E-state index contributed by atoms with van der Waals surface area (Å²) >= 11 is 0. The van der Waals surface area contributed by atoms with Gasteiger partial charge in [-0.25, -0.2) is 9.37 Å². The fraction of sp³-hybridized carbons (Fsp3) is 0.474. The first-order valence-electron chi connectivity index (χ1n) is 8.93. The van der Waals surface area contributed by atoms with Crippen LogP contribution in [0.15, 0.2) is 18.5 Å². The van der Waals surface area contributed by atoms with Gasteiger partial charge in [-0.1, -0.05) is 13.8 Å². The Balaban J connectivity index is 1.63. The molecule has 4 heterocycles. The molecule has 27 heavy (non-hydrogen) atoms. The van der Waals surface area contributed by atoms with Crippen molar-refractivity contribution < 1.29 is 14.0 Å². The zero-order valence-corrected chi connectivity index (χ0v) is 15.2. The molecule has 1 saturated heterocycles. The Morgan fingerprint density at radius 1 is 1.48 bits per heavy atom. The lowest BCUT2D eigenvalue weighted by atomic mass is 9.81. The Morgan fingerprint density at radius 3 is 2.85 bits per heavy atom. The molecular weight excluding hydrogens is 349 g/mol. The molecule has 140 valence electrons. The first kappa shape index (κ1) is 17.5. The van der Waals surface area contributed by atoms with E-state index in [4.69, 9.17) is 5.26 Å². The molecule has 2 aliphatic heterocycles. The Kier molecular flexibility index (Phi) is 3.91. The number of amides is 2. The molecule has 4 rings (SSSR count). The zero-order chi connectivity index (χ0) is 19.3. The number of hydrogen-bond acceptors (Lipinski definition) is 4. The van der Waals surface area contributed by atoms with Crippen molar-refractivity contribution in [2.24, 2.45) is 11.3 Å². The fourth-order valence-electron chi connectivity index (χ4n) is 4.05. The van der Waals surface area contributed by atoms with Gasteiger partial charge in [0.2, 0.25) is 5.91 Å². The number of carbonyl (C=O) groups excluding carboxylic acids is 2. The van der Waals surface area contributed by atoms with E-state index in [0.29, 0.717) is 17.8 Å². The lowest BCUT2D eigenvalue weighted by molar-refractivity contribution is -0.148. The van der Waals surface area contributed by atoms with Crippen LogP contribution in [0.2, 0.25) is 0 Å². The van der Waals surface area contributed by atoms with Gasteiger partial charge >= 0.3 is 0 Å². The summed E-state index contributed by atoms with van der Waals surface area (Å²) in [5.41, 5.74) is 1.01. The smallest absolute Gasteiger partial charge is 0.257 e. The molecular formula is C19H20FN5O2. The number of alkyl halides is 1. The minimum absolute atomic E-state index is 0.0684. The highest BCUT2D eigenvalue weighted by Gasteiger charge is 2.49. The summed E-state index contributed by atoms with van der Waals surface area (Å²) in [4.78, 5) is 36.5. The predicted octanol–water partition coefficient (Wildman–Crippen LogP) is 1.86. The van der Waals surface area contributed by atoms with Crippen LogP contribution in [-0.4, -0.2) is 57.4 Å². The Hall–Kier alpha value is -2.95. The van der Waals surface area contributed by atoms with Crippen molar-refractivity contribution in [3.05, 3.63) is 29.6 Å². The van der Waals surface area contributed by atoms with Crippen LogP contribution in [0.3, 0.4) is 0 Å². The fourth-order valence-corrected chi connectivity index (χ4v) is 4.05. The molecule has 2 aliphatic rings. The molecule has 1 atom stereocenters. The van der Waals surface area contributed by atoms with Gasteiger partial charge in [0.05, 0.1) is 11.6 Å². The Bertz CT molecular complexity index is 970. The average Bonchev–Trinajstić information content (AvgIpc) is 3.05. The van der Waals surface area contributed by atoms with E-state index >= 15 is 0 Å². The van der Waals surface area contributed by atoms with Crippen molar-refractivity contribution in [3.8, 4) is 6.07 Å². The molecule has 7 nitrogen and oxygen atoms in total. The first-order chi connectivity index (χ1) is 12.9. The number of nitriles is 1. The highest BCUT2D eigenvalue weighted by atomic mass is 19.1. The number of halogens is 1. The van der Waals surface area contributed by atoms with Crippen LogP contribution in [0.4, 0.5) is 4.39 Å². The van der Waals surface area contributed by atoms with Gasteiger partial charge in [0.15, 0.2) is 0 Å². The highest BCUT2D eigenvalue weighted by molar-refractivity contribution is 6.10. The largest absolute Gasteiger partial charge is 0.345 e. The van der Waals surface area contributed by atoms with E-state index in [9.17, 15) is 14.0 Å². The summed E-state index contributed by atoms with van der Waals surface area (Å²) in [7, 11) is 0. The maximum absolute atomic E-state index is 13.1. The molecule has 0 radical (unpaired) electrons. The zero-order valence-electron chi connectivity index (χ0n) is 15.2. The van der Waals surface area contributed by atoms with Crippen LogP contribution in [0.25, 0.3) is 11.0 Å². The van der Waals surface area contributed by atoms with Gasteiger partial charge in [0.25, 0.3) is 5.91 Å². The van der Waals surface area contributed by atoms with Crippen LogP contribution in [0, 0.1) is 22.7 Å². The molecule has 2 aromatic heterocycles. The Labute approximate surface area is 155 Å². The number of rotatable bonds is 4. The monoisotopic (exact) mass is 369 g/mol. The molecule has 0 spiro atoms. The summed E-state index contributed by atoms with van der Waals surface area (Å²) in [6.07, 6.45) is 3.31. The van der Waals surface area contributed by atoms with E-state index in [1.807, 2.05) is 26.0 Å². The van der Waals surface area contributed by atoms with Gasteiger partial charge in [-0.2, -0.15) is 5.26 Å². The molecule has 8 heteroatoms. The van der Waals surface area contributed by atoms with Crippen LogP contribution in [-0.2, 0) is 11.3 Å². The van der Waals surface area contributed by atoms with Crippen molar-refractivity contribution in [1.82, 2.24) is 19.8 Å². The van der Waals surface area contributed by atoms with Gasteiger partial charge < -0.3 is 14.8 Å². The van der Waals surface area contributed by atoms with Crippen molar-refractivity contribution >= 4 is 22.8 Å². The number of H-pyrrole nitrogens is 1. The van der Waals surface area contributed by atoms with Crippen LogP contribution >= 0.6 is 0 Å². The van der Waals surface area contributed by atoms with Crippen LogP contribution in [0.5, 0.6) is 0 Å². The van der Waals surface area contributed by atoms with Crippen molar-refractivity contribution in [2.75, 3.05) is 19.8 Å². The number of nitrogens with one attached hydrogen (secondary N) is 1. The SMILES string of the molecule is CC(C)C(C(=O)N1CC(C#N)(CF)C1)N1Cc2ccnc3[nH]cc(c23)C1=O.